The molecule has 0 radical (unpaired) electrons. The van der Waals surface area contributed by atoms with Crippen molar-refractivity contribution in [1.82, 2.24) is 0 Å². The SMILES string of the molecule is CCCC[O][Pb]([O]CCCC)([O]CCCC)[O]CCCC. The molecule has 0 N–H and O–H groups in total. The Morgan fingerprint density at radius 1 is 0.476 bits per heavy atom. The molecular weight excluding hydrogens is 463 g/mol. The maximum atomic E-state index is 6.07. The Kier molecular flexibility index (Phi) is 16.2. The summed E-state index contributed by atoms with van der Waals surface area (Å²) in [5, 5.41) is 0. The van der Waals surface area contributed by atoms with Crippen LogP contribution in [0.2, 0.25) is 0 Å². The molecule has 0 heterocycles. The van der Waals surface area contributed by atoms with Gasteiger partial charge in [0.2, 0.25) is 0 Å². The summed E-state index contributed by atoms with van der Waals surface area (Å²) in [4.78, 5) is 0. The van der Waals surface area contributed by atoms with Gasteiger partial charge in [-0.2, -0.15) is 0 Å². The van der Waals surface area contributed by atoms with Crippen molar-refractivity contribution in [3.63, 3.8) is 0 Å². The van der Waals surface area contributed by atoms with Gasteiger partial charge < -0.3 is 0 Å². The van der Waals surface area contributed by atoms with E-state index in [-0.39, 0.29) is 0 Å². The van der Waals surface area contributed by atoms with Gasteiger partial charge in [-0.1, -0.05) is 0 Å². The molecule has 0 aliphatic carbocycles. The van der Waals surface area contributed by atoms with Gasteiger partial charge in [0.1, 0.15) is 0 Å². The first-order valence-electron chi connectivity index (χ1n) is 8.80. The predicted molar refractivity (Wildman–Crippen MR) is 89.2 cm³/mol. The van der Waals surface area contributed by atoms with Gasteiger partial charge in [0.25, 0.3) is 0 Å². The fourth-order valence-electron chi connectivity index (χ4n) is 1.62. The van der Waals surface area contributed by atoms with E-state index in [0.29, 0.717) is 26.4 Å². The van der Waals surface area contributed by atoms with E-state index in [1.54, 1.807) is 0 Å². The van der Waals surface area contributed by atoms with Crippen molar-refractivity contribution >= 4 is 23.0 Å². The summed E-state index contributed by atoms with van der Waals surface area (Å²) in [5.74, 6) is 0. The van der Waals surface area contributed by atoms with Crippen molar-refractivity contribution in [2.45, 2.75) is 79.1 Å². The summed E-state index contributed by atoms with van der Waals surface area (Å²) in [6.45, 7) is 11.4. The Balaban J connectivity index is 4.52. The second kappa shape index (κ2) is 15.6. The van der Waals surface area contributed by atoms with Crippen LogP contribution in [-0.2, 0) is 10.7 Å². The minimum atomic E-state index is -3.93. The Hall–Kier alpha value is 0.762. The van der Waals surface area contributed by atoms with Crippen LogP contribution in [0.25, 0.3) is 0 Å². The van der Waals surface area contributed by atoms with Crippen molar-refractivity contribution < 1.29 is 10.7 Å². The molecule has 0 aromatic carbocycles. The van der Waals surface area contributed by atoms with Crippen molar-refractivity contribution in [3.05, 3.63) is 0 Å². The Morgan fingerprint density at radius 2 is 0.714 bits per heavy atom. The van der Waals surface area contributed by atoms with Gasteiger partial charge in [-0.25, -0.2) is 0 Å². The molecule has 5 heteroatoms. The first-order chi connectivity index (χ1) is 10.2. The molecule has 0 aliphatic heterocycles. The van der Waals surface area contributed by atoms with Crippen LogP contribution in [0.5, 0.6) is 0 Å². The number of hydrogen-bond donors (Lipinski definition) is 0. The Labute approximate surface area is 139 Å². The first-order valence-corrected chi connectivity index (χ1v) is 15.1. The molecule has 4 nitrogen and oxygen atoms in total. The van der Waals surface area contributed by atoms with Gasteiger partial charge in [0, 0.05) is 0 Å². The second-order valence-electron chi connectivity index (χ2n) is 5.31. The third kappa shape index (κ3) is 11.9. The van der Waals surface area contributed by atoms with E-state index in [0.717, 1.165) is 51.4 Å². The van der Waals surface area contributed by atoms with E-state index < -0.39 is 23.0 Å². The molecule has 128 valence electrons. The average molecular weight is 500 g/mol. The molecule has 0 amide bonds. The molecule has 0 bridgehead atoms. The van der Waals surface area contributed by atoms with Gasteiger partial charge in [-0.15, -0.1) is 0 Å². The van der Waals surface area contributed by atoms with Crippen molar-refractivity contribution in [3.8, 4) is 0 Å². The molecule has 0 aliphatic rings. The van der Waals surface area contributed by atoms with E-state index in [2.05, 4.69) is 27.7 Å². The first kappa shape index (κ1) is 21.8. The van der Waals surface area contributed by atoms with Crippen LogP contribution in [-0.4, -0.2) is 49.4 Å². The molecule has 0 fully saturated rings. The van der Waals surface area contributed by atoms with Crippen molar-refractivity contribution in [2.24, 2.45) is 0 Å². The number of rotatable bonds is 16. The molecule has 0 saturated heterocycles. The molecule has 0 rings (SSSR count). The summed E-state index contributed by atoms with van der Waals surface area (Å²) < 4.78 is 24.3. The monoisotopic (exact) mass is 500 g/mol. The molecule has 0 aromatic rings. The molecule has 0 atom stereocenters. The fourth-order valence-corrected chi connectivity index (χ4v) is 9.69. The van der Waals surface area contributed by atoms with Gasteiger partial charge in [0.15, 0.2) is 0 Å². The fraction of sp³-hybridized carbons (Fsp3) is 1.00. The normalized spacial score (nSPS) is 12.0. The summed E-state index contributed by atoms with van der Waals surface area (Å²) in [6.07, 6.45) is 8.60. The Morgan fingerprint density at radius 3 is 0.905 bits per heavy atom. The van der Waals surface area contributed by atoms with Gasteiger partial charge in [-0.3, -0.25) is 0 Å². The summed E-state index contributed by atoms with van der Waals surface area (Å²) in [5.41, 5.74) is 0. The topological polar surface area (TPSA) is 36.9 Å². The van der Waals surface area contributed by atoms with Crippen LogP contribution in [0.1, 0.15) is 79.1 Å². The van der Waals surface area contributed by atoms with E-state index >= 15 is 0 Å². The standard InChI is InChI=1S/4C4H9O.Pb/c4*1-2-3-4-5;/h4*2-4H2,1H3;/q4*-1;+4. The van der Waals surface area contributed by atoms with E-state index in [1.165, 1.54) is 0 Å². The molecule has 21 heavy (non-hydrogen) atoms. The third-order valence-corrected chi connectivity index (χ3v) is 11.8. The summed E-state index contributed by atoms with van der Waals surface area (Å²) in [7, 11) is 0. The zero-order chi connectivity index (χ0) is 15.8. The van der Waals surface area contributed by atoms with E-state index in [4.69, 9.17) is 10.7 Å². The molecule has 0 aromatic heterocycles. The zero-order valence-corrected chi connectivity index (χ0v) is 18.5. The van der Waals surface area contributed by atoms with Gasteiger partial charge in [-0.05, 0) is 0 Å². The van der Waals surface area contributed by atoms with Gasteiger partial charge in [0.05, 0.1) is 0 Å². The molecular formula is C16H36O4Pb. The van der Waals surface area contributed by atoms with Crippen molar-refractivity contribution in [2.75, 3.05) is 26.4 Å². The quantitative estimate of drug-likeness (QED) is 0.228. The molecule has 0 spiro atoms. The van der Waals surface area contributed by atoms with Crippen LogP contribution in [0.3, 0.4) is 0 Å². The van der Waals surface area contributed by atoms with Gasteiger partial charge >= 0.3 is 139 Å². The number of hydrogen-bond acceptors (Lipinski definition) is 4. The second-order valence-corrected chi connectivity index (χ2v) is 13.7. The predicted octanol–water partition coefficient (Wildman–Crippen LogP) is 4.69. The number of unbranched alkanes of at least 4 members (excludes halogenated alkanes) is 4. The third-order valence-electron chi connectivity index (χ3n) is 3.11. The van der Waals surface area contributed by atoms with Crippen LogP contribution in [0.4, 0.5) is 0 Å². The van der Waals surface area contributed by atoms with Crippen LogP contribution < -0.4 is 0 Å². The van der Waals surface area contributed by atoms with Crippen LogP contribution in [0, 0.1) is 0 Å². The van der Waals surface area contributed by atoms with E-state index in [9.17, 15) is 0 Å². The van der Waals surface area contributed by atoms with E-state index in [1.807, 2.05) is 0 Å². The maximum absolute atomic E-state index is 6.07. The van der Waals surface area contributed by atoms with Crippen LogP contribution >= 0.6 is 0 Å². The molecule has 0 unspecified atom stereocenters. The van der Waals surface area contributed by atoms with Crippen LogP contribution in [0.15, 0.2) is 0 Å². The Bertz CT molecular complexity index is 169. The molecule has 0 saturated carbocycles. The average Bonchev–Trinajstić information content (AvgIpc) is 2.48. The minimum absolute atomic E-state index is 0.697. The summed E-state index contributed by atoms with van der Waals surface area (Å²) in [6, 6.07) is 0. The van der Waals surface area contributed by atoms with Crippen molar-refractivity contribution in [1.29, 1.82) is 0 Å². The zero-order valence-electron chi connectivity index (χ0n) is 14.6. The summed E-state index contributed by atoms with van der Waals surface area (Å²) >= 11 is -3.93.